The molecule has 0 unspecified atom stereocenters. The molecule has 0 aliphatic rings. The Balaban J connectivity index is 1.82. The monoisotopic (exact) mass is 399 g/mol. The summed E-state index contributed by atoms with van der Waals surface area (Å²) in [7, 11) is 0. The minimum atomic E-state index is -0.884. The van der Waals surface area contributed by atoms with Crippen LogP contribution >= 0.6 is 0 Å². The van der Waals surface area contributed by atoms with Crippen LogP contribution < -0.4 is 10.1 Å². The highest BCUT2D eigenvalue weighted by Gasteiger charge is 2.21. The number of rotatable bonds is 9. The third-order valence-corrected chi connectivity index (χ3v) is 4.43. The Kier molecular flexibility index (Phi) is 6.13. The van der Waals surface area contributed by atoms with Gasteiger partial charge >= 0.3 is 11.9 Å². The number of esters is 1. The van der Waals surface area contributed by atoms with E-state index in [1.165, 1.54) is 13.0 Å². The number of aromatic hydroxyl groups is 1. The van der Waals surface area contributed by atoms with Gasteiger partial charge in [0.2, 0.25) is 0 Å². The zero-order valence-corrected chi connectivity index (χ0v) is 15.9. The van der Waals surface area contributed by atoms with Crippen LogP contribution in [0, 0.1) is 0 Å². The van der Waals surface area contributed by atoms with Gasteiger partial charge in [0.15, 0.2) is 22.9 Å². The van der Waals surface area contributed by atoms with Crippen LogP contribution in [-0.4, -0.2) is 41.0 Å². The van der Waals surface area contributed by atoms with E-state index in [1.807, 2.05) is 0 Å². The summed E-state index contributed by atoms with van der Waals surface area (Å²) < 4.78 is 11.1. The Hall–Kier alpha value is -3.39. The first kappa shape index (κ1) is 20.3. The summed E-state index contributed by atoms with van der Waals surface area (Å²) in [6.45, 7) is 2.16. The number of nitrogens with one attached hydrogen (secondary N) is 1. The lowest BCUT2D eigenvalue weighted by atomic mass is 10.1. The van der Waals surface area contributed by atoms with Gasteiger partial charge in [-0.3, -0.25) is 14.4 Å². The summed E-state index contributed by atoms with van der Waals surface area (Å²) in [5.41, 5.74) is 0.0898. The van der Waals surface area contributed by atoms with E-state index in [0.717, 1.165) is 0 Å². The number of carboxylic acids is 1. The third-order valence-electron chi connectivity index (χ3n) is 4.43. The largest absolute Gasteiger partial charge is 0.504 e. The van der Waals surface area contributed by atoms with Gasteiger partial charge in [-0.05, 0) is 19.0 Å². The Bertz CT molecular complexity index is 1080. The van der Waals surface area contributed by atoms with Crippen molar-refractivity contribution < 1.29 is 33.8 Å². The van der Waals surface area contributed by atoms with E-state index in [9.17, 15) is 19.5 Å². The Labute approximate surface area is 166 Å². The number of phenolic OH excluding ortho intramolecular Hbond substituents is 1. The van der Waals surface area contributed by atoms with Crippen LogP contribution in [0.5, 0.6) is 11.5 Å². The van der Waals surface area contributed by atoms with Crippen molar-refractivity contribution in [3.05, 3.63) is 36.1 Å². The molecule has 2 aromatic carbocycles. The van der Waals surface area contributed by atoms with Gasteiger partial charge in [-0.1, -0.05) is 24.3 Å². The highest BCUT2D eigenvalue weighted by molar-refractivity contribution is 6.11. The molecular weight excluding hydrogens is 378 g/mol. The fourth-order valence-corrected chi connectivity index (χ4v) is 3.02. The minimum Gasteiger partial charge on any atom is -0.504 e. The summed E-state index contributed by atoms with van der Waals surface area (Å²) in [5, 5.41) is 23.4. The number of ketones is 1. The van der Waals surface area contributed by atoms with Crippen LogP contribution in [0.25, 0.3) is 21.7 Å². The zero-order valence-electron chi connectivity index (χ0n) is 15.9. The van der Waals surface area contributed by atoms with Gasteiger partial charge in [-0.15, -0.1) is 0 Å². The number of aliphatic carboxylic acids is 1. The third kappa shape index (κ3) is 4.55. The molecule has 0 radical (unpaired) electrons. The maximum Gasteiger partial charge on any atom is 0.311 e. The van der Waals surface area contributed by atoms with E-state index < -0.39 is 11.9 Å². The van der Waals surface area contributed by atoms with Crippen molar-refractivity contribution in [1.82, 2.24) is 5.32 Å². The van der Waals surface area contributed by atoms with Crippen molar-refractivity contribution in [2.45, 2.75) is 26.2 Å². The average Bonchev–Trinajstić information content (AvgIpc) is 3.13. The molecular formula is C21H21NO7. The van der Waals surface area contributed by atoms with Gasteiger partial charge in [-0.25, -0.2) is 0 Å². The number of hydrogen-bond donors (Lipinski definition) is 3. The molecule has 0 saturated heterocycles. The molecule has 8 nitrogen and oxygen atoms in total. The van der Waals surface area contributed by atoms with Crippen molar-refractivity contribution in [2.24, 2.45) is 0 Å². The lowest BCUT2D eigenvalue weighted by Gasteiger charge is -2.11. The standard InChI is InChI=1S/C21H21NO7/c1-12(23)16-11-15-20(29-18(26)7-4-9-22-10-8-17(24)25)14-6-3-2-5-13(14)19(27)21(15)28-16/h2-3,5-6,11,22,27H,4,7-10H2,1H3,(H,24,25). The molecule has 3 N–H and O–H groups in total. The van der Waals surface area contributed by atoms with Crippen LogP contribution in [0.4, 0.5) is 0 Å². The van der Waals surface area contributed by atoms with E-state index in [0.29, 0.717) is 35.7 Å². The predicted molar refractivity (Wildman–Crippen MR) is 105 cm³/mol. The van der Waals surface area contributed by atoms with Gasteiger partial charge < -0.3 is 24.7 Å². The average molecular weight is 399 g/mol. The Morgan fingerprint density at radius 3 is 2.48 bits per heavy atom. The van der Waals surface area contributed by atoms with Crippen molar-refractivity contribution in [2.75, 3.05) is 13.1 Å². The minimum absolute atomic E-state index is 0.0148. The fourth-order valence-electron chi connectivity index (χ4n) is 3.02. The van der Waals surface area contributed by atoms with Crippen molar-refractivity contribution in [1.29, 1.82) is 0 Å². The fraction of sp³-hybridized carbons (Fsp3) is 0.286. The van der Waals surface area contributed by atoms with E-state index in [1.54, 1.807) is 24.3 Å². The number of benzene rings is 2. The van der Waals surface area contributed by atoms with E-state index >= 15 is 0 Å². The summed E-state index contributed by atoms with van der Waals surface area (Å²) in [5.74, 6) is -1.50. The molecule has 152 valence electrons. The van der Waals surface area contributed by atoms with Gasteiger partial charge in [0, 0.05) is 30.7 Å². The predicted octanol–water partition coefficient (Wildman–Crippen LogP) is 3.24. The summed E-state index contributed by atoms with van der Waals surface area (Å²) in [6.07, 6.45) is 0.608. The van der Waals surface area contributed by atoms with Crippen LogP contribution in [0.15, 0.2) is 34.7 Å². The Morgan fingerprint density at radius 2 is 1.79 bits per heavy atom. The number of carboxylic acid groups (broad SMARTS) is 1. The number of hydrogen-bond acceptors (Lipinski definition) is 7. The second-order valence-electron chi connectivity index (χ2n) is 6.60. The SMILES string of the molecule is CC(=O)c1cc2c(OC(=O)CCCNCCC(=O)O)c3ccccc3c(O)c2o1. The molecule has 1 heterocycles. The highest BCUT2D eigenvalue weighted by Crippen LogP contribution is 2.43. The maximum atomic E-state index is 12.4. The lowest BCUT2D eigenvalue weighted by Crippen LogP contribution is -2.20. The van der Waals surface area contributed by atoms with E-state index in [4.69, 9.17) is 14.3 Å². The highest BCUT2D eigenvalue weighted by atomic mass is 16.5. The maximum absolute atomic E-state index is 12.4. The number of ether oxygens (including phenoxy) is 1. The normalized spacial score (nSPS) is 11.1. The second-order valence-corrected chi connectivity index (χ2v) is 6.60. The molecule has 0 saturated carbocycles. The van der Waals surface area contributed by atoms with Crippen molar-refractivity contribution in [3.8, 4) is 11.5 Å². The smallest absolute Gasteiger partial charge is 0.311 e. The van der Waals surface area contributed by atoms with Crippen molar-refractivity contribution in [3.63, 3.8) is 0 Å². The number of carbonyl (C=O) groups excluding carboxylic acids is 2. The quantitative estimate of drug-likeness (QED) is 0.217. The first-order valence-electron chi connectivity index (χ1n) is 9.19. The van der Waals surface area contributed by atoms with Gasteiger partial charge in [0.1, 0.15) is 5.75 Å². The summed E-state index contributed by atoms with van der Waals surface area (Å²) >= 11 is 0. The second kappa shape index (κ2) is 8.74. The lowest BCUT2D eigenvalue weighted by molar-refractivity contribution is -0.137. The summed E-state index contributed by atoms with van der Waals surface area (Å²) in [4.78, 5) is 34.5. The molecule has 0 spiro atoms. The van der Waals surface area contributed by atoms with Gasteiger partial charge in [0.25, 0.3) is 0 Å². The van der Waals surface area contributed by atoms with Crippen LogP contribution in [-0.2, 0) is 9.59 Å². The molecule has 3 aromatic rings. The van der Waals surface area contributed by atoms with Gasteiger partial charge in [-0.2, -0.15) is 0 Å². The van der Waals surface area contributed by atoms with E-state index in [-0.39, 0.29) is 41.5 Å². The number of phenols is 1. The number of Topliss-reactive ketones (excluding diaryl/α,β-unsaturated/α-hetero) is 1. The van der Waals surface area contributed by atoms with Crippen LogP contribution in [0.2, 0.25) is 0 Å². The molecule has 1 aromatic heterocycles. The number of fused-ring (bicyclic) bond motifs is 2. The molecule has 0 bridgehead atoms. The van der Waals surface area contributed by atoms with Crippen molar-refractivity contribution >= 4 is 39.5 Å². The first-order chi connectivity index (χ1) is 13.9. The first-order valence-corrected chi connectivity index (χ1v) is 9.19. The molecule has 0 amide bonds. The molecule has 0 aliphatic heterocycles. The molecule has 3 rings (SSSR count). The topological polar surface area (TPSA) is 126 Å². The summed E-state index contributed by atoms with van der Waals surface area (Å²) in [6, 6.07) is 8.33. The number of carbonyl (C=O) groups is 3. The molecule has 29 heavy (non-hydrogen) atoms. The molecule has 0 atom stereocenters. The molecule has 0 fully saturated rings. The van der Waals surface area contributed by atoms with Crippen LogP contribution in [0.1, 0.15) is 36.7 Å². The zero-order chi connectivity index (χ0) is 21.0. The van der Waals surface area contributed by atoms with Gasteiger partial charge in [0.05, 0.1) is 11.8 Å². The molecule has 0 aliphatic carbocycles. The Morgan fingerprint density at radius 1 is 1.07 bits per heavy atom. The molecule has 8 heteroatoms. The van der Waals surface area contributed by atoms with Crippen LogP contribution in [0.3, 0.4) is 0 Å². The number of furan rings is 1. The van der Waals surface area contributed by atoms with E-state index in [2.05, 4.69) is 5.32 Å².